The first-order valence-corrected chi connectivity index (χ1v) is 5.69. The van der Waals surface area contributed by atoms with E-state index in [2.05, 4.69) is 0 Å². The van der Waals surface area contributed by atoms with Crippen molar-refractivity contribution < 1.29 is 23.0 Å². The summed E-state index contributed by atoms with van der Waals surface area (Å²) < 4.78 is 44.0. The van der Waals surface area contributed by atoms with Crippen LogP contribution < -0.4 is 5.73 Å². The van der Waals surface area contributed by atoms with Crippen molar-refractivity contribution in [2.45, 2.75) is 37.7 Å². The second kappa shape index (κ2) is 5.99. The normalized spacial score (nSPS) is 26.8. The number of morpholine rings is 1. The van der Waals surface area contributed by atoms with Crippen LogP contribution in [0.2, 0.25) is 0 Å². The van der Waals surface area contributed by atoms with Crippen LogP contribution in [0, 0.1) is 0 Å². The Morgan fingerprint density at radius 3 is 2.65 bits per heavy atom. The molecule has 4 nitrogen and oxygen atoms in total. The van der Waals surface area contributed by atoms with Crippen LogP contribution in [0.5, 0.6) is 0 Å². The predicted molar refractivity (Wildman–Crippen MR) is 56.5 cm³/mol. The number of ether oxygens (including phenoxy) is 1. The van der Waals surface area contributed by atoms with Gasteiger partial charge in [-0.2, -0.15) is 13.2 Å². The van der Waals surface area contributed by atoms with Gasteiger partial charge in [0, 0.05) is 19.1 Å². The average Bonchev–Trinajstić information content (AvgIpc) is 2.27. The number of hydrogen-bond acceptors (Lipinski definition) is 4. The summed E-state index contributed by atoms with van der Waals surface area (Å²) in [4.78, 5) is 1.26. The third kappa shape index (κ3) is 3.80. The largest absolute Gasteiger partial charge is 0.405 e. The summed E-state index contributed by atoms with van der Waals surface area (Å²) in [6.07, 6.45) is -4.66. The summed E-state index contributed by atoms with van der Waals surface area (Å²) in [6, 6.07) is -2.61. The molecule has 0 aliphatic carbocycles. The molecule has 0 spiro atoms. The summed E-state index contributed by atoms with van der Waals surface area (Å²) in [6.45, 7) is 1.80. The van der Waals surface area contributed by atoms with Crippen LogP contribution >= 0.6 is 0 Å². The van der Waals surface area contributed by atoms with E-state index >= 15 is 0 Å². The van der Waals surface area contributed by atoms with Crippen LogP contribution in [-0.4, -0.2) is 60.7 Å². The zero-order valence-corrected chi connectivity index (χ0v) is 9.78. The molecule has 3 N–H and O–H groups in total. The van der Waals surface area contributed by atoms with Gasteiger partial charge in [0.25, 0.3) is 0 Å². The van der Waals surface area contributed by atoms with Crippen molar-refractivity contribution in [1.29, 1.82) is 0 Å². The summed E-state index contributed by atoms with van der Waals surface area (Å²) in [7, 11) is 0. The SMILES string of the molecule is CCC(N)C(N1CCOC(CO)C1)C(F)(F)F. The van der Waals surface area contributed by atoms with Gasteiger partial charge < -0.3 is 15.6 Å². The van der Waals surface area contributed by atoms with Gasteiger partial charge in [0.15, 0.2) is 0 Å². The average molecular weight is 256 g/mol. The Morgan fingerprint density at radius 2 is 2.18 bits per heavy atom. The fourth-order valence-electron chi connectivity index (χ4n) is 2.05. The first-order valence-electron chi connectivity index (χ1n) is 5.69. The smallest absolute Gasteiger partial charge is 0.394 e. The van der Waals surface area contributed by atoms with E-state index in [1.807, 2.05) is 0 Å². The van der Waals surface area contributed by atoms with Gasteiger partial charge in [0.1, 0.15) is 6.04 Å². The monoisotopic (exact) mass is 256 g/mol. The molecule has 0 bridgehead atoms. The van der Waals surface area contributed by atoms with E-state index < -0.39 is 24.4 Å². The molecule has 0 saturated carbocycles. The van der Waals surface area contributed by atoms with Crippen LogP contribution in [0.4, 0.5) is 13.2 Å². The van der Waals surface area contributed by atoms with Gasteiger partial charge in [-0.05, 0) is 6.42 Å². The highest BCUT2D eigenvalue weighted by Gasteiger charge is 2.47. The molecule has 1 fully saturated rings. The van der Waals surface area contributed by atoms with Gasteiger partial charge in [-0.3, -0.25) is 4.90 Å². The number of nitrogens with two attached hydrogens (primary N) is 1. The molecule has 1 aliphatic rings. The molecule has 102 valence electrons. The molecule has 1 heterocycles. The minimum absolute atomic E-state index is 0.0639. The van der Waals surface area contributed by atoms with Gasteiger partial charge in [-0.25, -0.2) is 0 Å². The van der Waals surface area contributed by atoms with E-state index in [0.717, 1.165) is 0 Å². The maximum atomic E-state index is 12.9. The third-order valence-corrected chi connectivity index (χ3v) is 2.98. The van der Waals surface area contributed by atoms with E-state index in [0.29, 0.717) is 0 Å². The van der Waals surface area contributed by atoms with E-state index in [-0.39, 0.29) is 32.7 Å². The molecule has 1 aliphatic heterocycles. The molecule has 0 amide bonds. The lowest BCUT2D eigenvalue weighted by Gasteiger charge is -2.40. The Labute approximate surface area is 98.5 Å². The zero-order chi connectivity index (χ0) is 13.1. The highest BCUT2D eigenvalue weighted by atomic mass is 19.4. The number of hydrogen-bond donors (Lipinski definition) is 2. The standard InChI is InChI=1S/C10H19F3N2O2/c1-2-8(14)9(10(11,12)13)15-3-4-17-7(5-15)6-16/h7-9,16H,2-6,14H2,1H3. The number of aliphatic hydroxyl groups is 1. The predicted octanol–water partition coefficient (Wildman–Crippen LogP) is 0.348. The highest BCUT2D eigenvalue weighted by molar-refractivity contribution is 4.90. The maximum Gasteiger partial charge on any atom is 0.405 e. The van der Waals surface area contributed by atoms with Gasteiger partial charge in [0.05, 0.1) is 19.3 Å². The lowest BCUT2D eigenvalue weighted by molar-refractivity contribution is -0.204. The lowest BCUT2D eigenvalue weighted by atomic mass is 10.0. The minimum atomic E-state index is -4.35. The van der Waals surface area contributed by atoms with Crippen LogP contribution in [0.1, 0.15) is 13.3 Å². The van der Waals surface area contributed by atoms with E-state index in [1.165, 1.54) is 4.90 Å². The molecule has 3 atom stereocenters. The second-order valence-electron chi connectivity index (χ2n) is 4.23. The van der Waals surface area contributed by atoms with Crippen molar-refractivity contribution in [1.82, 2.24) is 4.90 Å². The molecule has 1 saturated heterocycles. The quantitative estimate of drug-likeness (QED) is 0.762. The van der Waals surface area contributed by atoms with E-state index in [4.69, 9.17) is 15.6 Å². The molecule has 0 aromatic rings. The molecule has 0 aromatic heterocycles. The van der Waals surface area contributed by atoms with Gasteiger partial charge in [-0.1, -0.05) is 6.92 Å². The summed E-state index contributed by atoms with van der Waals surface area (Å²) in [5.74, 6) is 0. The van der Waals surface area contributed by atoms with Gasteiger partial charge >= 0.3 is 6.18 Å². The van der Waals surface area contributed by atoms with Crippen LogP contribution in [0.3, 0.4) is 0 Å². The molecule has 1 rings (SSSR count). The number of alkyl halides is 3. The summed E-state index contributed by atoms with van der Waals surface area (Å²) in [5, 5.41) is 8.93. The molecule has 17 heavy (non-hydrogen) atoms. The Morgan fingerprint density at radius 1 is 1.53 bits per heavy atom. The van der Waals surface area contributed by atoms with Crippen molar-refractivity contribution in [2.24, 2.45) is 5.73 Å². The van der Waals surface area contributed by atoms with Gasteiger partial charge in [-0.15, -0.1) is 0 Å². The third-order valence-electron chi connectivity index (χ3n) is 2.98. The lowest BCUT2D eigenvalue weighted by Crippen LogP contribution is -2.60. The zero-order valence-electron chi connectivity index (χ0n) is 9.78. The summed E-state index contributed by atoms with van der Waals surface area (Å²) >= 11 is 0. The fourth-order valence-corrected chi connectivity index (χ4v) is 2.05. The van der Waals surface area contributed by atoms with Crippen molar-refractivity contribution in [3.8, 4) is 0 Å². The van der Waals surface area contributed by atoms with Crippen molar-refractivity contribution in [3.63, 3.8) is 0 Å². The molecule has 0 radical (unpaired) electrons. The number of halogens is 3. The van der Waals surface area contributed by atoms with Crippen molar-refractivity contribution in [2.75, 3.05) is 26.3 Å². The summed E-state index contributed by atoms with van der Waals surface area (Å²) in [5.41, 5.74) is 5.56. The van der Waals surface area contributed by atoms with Crippen LogP contribution in [0.15, 0.2) is 0 Å². The Bertz CT molecular complexity index is 238. The first-order chi connectivity index (χ1) is 7.90. The molecule has 7 heteroatoms. The van der Waals surface area contributed by atoms with Crippen molar-refractivity contribution >= 4 is 0 Å². The Kier molecular flexibility index (Phi) is 5.18. The van der Waals surface area contributed by atoms with Gasteiger partial charge in [0.2, 0.25) is 0 Å². The highest BCUT2D eigenvalue weighted by Crippen LogP contribution is 2.29. The topological polar surface area (TPSA) is 58.7 Å². The molecular weight excluding hydrogens is 237 g/mol. The maximum absolute atomic E-state index is 12.9. The number of nitrogens with zero attached hydrogens (tertiary/aromatic N) is 1. The van der Waals surface area contributed by atoms with E-state index in [1.54, 1.807) is 6.92 Å². The number of rotatable bonds is 4. The Hall–Kier alpha value is -0.370. The first kappa shape index (κ1) is 14.7. The van der Waals surface area contributed by atoms with Crippen LogP contribution in [-0.2, 0) is 4.74 Å². The van der Waals surface area contributed by atoms with E-state index in [9.17, 15) is 13.2 Å². The minimum Gasteiger partial charge on any atom is -0.394 e. The second-order valence-corrected chi connectivity index (χ2v) is 4.23. The van der Waals surface area contributed by atoms with Crippen molar-refractivity contribution in [3.05, 3.63) is 0 Å². The molecule has 0 aromatic carbocycles. The fraction of sp³-hybridized carbons (Fsp3) is 1.00. The molecule has 3 unspecified atom stereocenters. The molecular formula is C10H19F3N2O2. The van der Waals surface area contributed by atoms with Crippen LogP contribution in [0.25, 0.3) is 0 Å². The number of aliphatic hydroxyl groups excluding tert-OH is 1. The Balaban J connectivity index is 2.76.